The van der Waals surface area contributed by atoms with Crippen LogP contribution < -0.4 is 14.8 Å². The predicted molar refractivity (Wildman–Crippen MR) is 139 cm³/mol. The first kappa shape index (κ1) is 27.1. The molecule has 2 aromatic carbocycles. The van der Waals surface area contributed by atoms with E-state index >= 15 is 0 Å². The van der Waals surface area contributed by atoms with Crippen LogP contribution >= 0.6 is 24.0 Å². The summed E-state index contributed by atoms with van der Waals surface area (Å²) in [5, 5.41) is 3.40. The van der Waals surface area contributed by atoms with Gasteiger partial charge in [-0.05, 0) is 35.4 Å². The van der Waals surface area contributed by atoms with Crippen molar-refractivity contribution >= 4 is 29.9 Å². The monoisotopic (exact) mass is 572 g/mol. The van der Waals surface area contributed by atoms with E-state index < -0.39 is 0 Å². The molecule has 1 saturated heterocycles. The standard InChI is InChI=1S/C24H33FN4O3.HI/c1-26-24(27-16-23(32-4)19-6-8-20(25)9-7-19)29-13-11-28(12-14-29)17-18-5-10-21(30-2)22(15-18)31-3;/h5-10,15,23H,11-14,16-17H2,1-4H3,(H,26,27);1H. The Labute approximate surface area is 212 Å². The molecule has 0 radical (unpaired) electrons. The summed E-state index contributed by atoms with van der Waals surface area (Å²) in [4.78, 5) is 9.11. The molecule has 1 fully saturated rings. The van der Waals surface area contributed by atoms with Gasteiger partial charge in [0.15, 0.2) is 17.5 Å². The third-order valence-corrected chi connectivity index (χ3v) is 5.71. The molecule has 182 valence electrons. The maximum Gasteiger partial charge on any atom is 0.193 e. The van der Waals surface area contributed by atoms with Crippen LogP contribution in [0.4, 0.5) is 4.39 Å². The largest absolute Gasteiger partial charge is 0.493 e. The normalized spacial score (nSPS) is 15.5. The van der Waals surface area contributed by atoms with Gasteiger partial charge in [-0.3, -0.25) is 9.89 Å². The zero-order valence-electron chi connectivity index (χ0n) is 19.7. The Hall–Kier alpha value is -2.11. The van der Waals surface area contributed by atoms with E-state index in [-0.39, 0.29) is 35.9 Å². The van der Waals surface area contributed by atoms with Gasteiger partial charge in [-0.15, -0.1) is 24.0 Å². The van der Waals surface area contributed by atoms with Gasteiger partial charge in [-0.1, -0.05) is 18.2 Å². The molecule has 1 heterocycles. The van der Waals surface area contributed by atoms with Gasteiger partial charge < -0.3 is 24.4 Å². The van der Waals surface area contributed by atoms with Crippen molar-refractivity contribution in [2.45, 2.75) is 12.6 Å². The van der Waals surface area contributed by atoms with Crippen LogP contribution in [0.2, 0.25) is 0 Å². The number of nitrogens with zero attached hydrogens (tertiary/aromatic N) is 3. The lowest BCUT2D eigenvalue weighted by Crippen LogP contribution is -2.52. The van der Waals surface area contributed by atoms with Crippen LogP contribution in [-0.2, 0) is 11.3 Å². The maximum atomic E-state index is 13.2. The van der Waals surface area contributed by atoms with Crippen molar-refractivity contribution in [2.24, 2.45) is 4.99 Å². The number of piperazine rings is 1. The highest BCUT2D eigenvalue weighted by atomic mass is 127. The number of hydrogen-bond acceptors (Lipinski definition) is 5. The first-order chi connectivity index (χ1) is 15.6. The SMILES string of the molecule is CN=C(NCC(OC)c1ccc(F)cc1)N1CCN(Cc2ccc(OC)c(OC)c2)CC1.I. The number of aliphatic imine (C=N–C) groups is 1. The molecule has 0 amide bonds. The minimum atomic E-state index is -0.252. The van der Waals surface area contributed by atoms with Crippen LogP contribution in [0, 0.1) is 5.82 Å². The number of halogens is 2. The van der Waals surface area contributed by atoms with Gasteiger partial charge in [-0.25, -0.2) is 4.39 Å². The van der Waals surface area contributed by atoms with Gasteiger partial charge in [0, 0.05) is 53.4 Å². The Balaban J connectivity index is 0.00000385. The van der Waals surface area contributed by atoms with Crippen LogP contribution in [-0.4, -0.2) is 76.9 Å². The Bertz CT molecular complexity index is 890. The fourth-order valence-electron chi connectivity index (χ4n) is 3.89. The lowest BCUT2D eigenvalue weighted by atomic mass is 10.1. The molecule has 0 spiro atoms. The topological polar surface area (TPSA) is 58.6 Å². The van der Waals surface area contributed by atoms with Crippen LogP contribution in [0.25, 0.3) is 0 Å². The van der Waals surface area contributed by atoms with E-state index in [1.54, 1.807) is 40.5 Å². The molecule has 0 bridgehead atoms. The zero-order valence-corrected chi connectivity index (χ0v) is 22.0. The average Bonchev–Trinajstić information content (AvgIpc) is 2.83. The number of rotatable bonds is 8. The third kappa shape index (κ3) is 7.44. The van der Waals surface area contributed by atoms with Gasteiger partial charge in [-0.2, -0.15) is 0 Å². The number of methoxy groups -OCH3 is 3. The summed E-state index contributed by atoms with van der Waals surface area (Å²) in [5.41, 5.74) is 2.12. The molecule has 2 aromatic rings. The Morgan fingerprint density at radius 3 is 2.24 bits per heavy atom. The van der Waals surface area contributed by atoms with E-state index in [0.717, 1.165) is 55.7 Å². The molecule has 0 aromatic heterocycles. The second kappa shape index (κ2) is 13.6. The molecule has 1 N–H and O–H groups in total. The summed E-state index contributed by atoms with van der Waals surface area (Å²) in [6, 6.07) is 12.5. The number of nitrogens with one attached hydrogen (secondary N) is 1. The fourth-order valence-corrected chi connectivity index (χ4v) is 3.89. The molecule has 3 rings (SSSR count). The summed E-state index contributed by atoms with van der Waals surface area (Å²) in [6.45, 7) is 5.03. The number of benzene rings is 2. The van der Waals surface area contributed by atoms with E-state index in [9.17, 15) is 4.39 Å². The lowest BCUT2D eigenvalue weighted by molar-refractivity contribution is 0.105. The van der Waals surface area contributed by atoms with Crippen molar-refractivity contribution < 1.29 is 18.6 Å². The van der Waals surface area contributed by atoms with Crippen LogP contribution in [0.1, 0.15) is 17.2 Å². The van der Waals surface area contributed by atoms with E-state index in [2.05, 4.69) is 26.2 Å². The first-order valence-electron chi connectivity index (χ1n) is 10.7. The molecule has 1 atom stereocenters. The molecule has 7 nitrogen and oxygen atoms in total. The predicted octanol–water partition coefficient (Wildman–Crippen LogP) is 3.54. The summed E-state index contributed by atoms with van der Waals surface area (Å²) in [6.07, 6.45) is -0.182. The average molecular weight is 572 g/mol. The quantitative estimate of drug-likeness (QED) is 0.297. The van der Waals surface area contributed by atoms with Crippen molar-refractivity contribution in [1.82, 2.24) is 15.1 Å². The van der Waals surface area contributed by atoms with E-state index in [4.69, 9.17) is 14.2 Å². The van der Waals surface area contributed by atoms with E-state index in [1.165, 1.54) is 17.7 Å². The highest BCUT2D eigenvalue weighted by Crippen LogP contribution is 2.28. The zero-order chi connectivity index (χ0) is 22.9. The molecule has 0 aliphatic carbocycles. The molecule has 1 unspecified atom stereocenters. The van der Waals surface area contributed by atoms with Gasteiger partial charge in [0.2, 0.25) is 0 Å². The van der Waals surface area contributed by atoms with Crippen molar-refractivity contribution in [3.63, 3.8) is 0 Å². The summed E-state index contributed by atoms with van der Waals surface area (Å²) < 4.78 is 29.5. The number of hydrogen-bond donors (Lipinski definition) is 1. The minimum Gasteiger partial charge on any atom is -0.493 e. The molecule has 1 aliphatic rings. The van der Waals surface area contributed by atoms with Gasteiger partial charge >= 0.3 is 0 Å². The minimum absolute atomic E-state index is 0. The molecular formula is C24H34FIN4O3. The third-order valence-electron chi connectivity index (χ3n) is 5.71. The number of ether oxygens (including phenoxy) is 3. The van der Waals surface area contributed by atoms with Gasteiger partial charge in [0.25, 0.3) is 0 Å². The fraction of sp³-hybridized carbons (Fsp3) is 0.458. The van der Waals surface area contributed by atoms with Gasteiger partial charge in [0.1, 0.15) is 5.82 Å². The summed E-state index contributed by atoms with van der Waals surface area (Å²) >= 11 is 0. The Morgan fingerprint density at radius 2 is 1.67 bits per heavy atom. The van der Waals surface area contributed by atoms with E-state index in [0.29, 0.717) is 6.54 Å². The summed E-state index contributed by atoms with van der Waals surface area (Å²) in [7, 11) is 6.75. The lowest BCUT2D eigenvalue weighted by Gasteiger charge is -2.37. The van der Waals surface area contributed by atoms with Crippen molar-refractivity contribution in [3.05, 3.63) is 59.4 Å². The number of guanidine groups is 1. The van der Waals surface area contributed by atoms with Crippen LogP contribution in [0.5, 0.6) is 11.5 Å². The Morgan fingerprint density at radius 1 is 1.00 bits per heavy atom. The summed E-state index contributed by atoms with van der Waals surface area (Å²) in [5.74, 6) is 2.09. The second-order valence-electron chi connectivity index (χ2n) is 7.66. The molecule has 9 heteroatoms. The molecule has 33 heavy (non-hydrogen) atoms. The van der Waals surface area contributed by atoms with Crippen LogP contribution in [0.15, 0.2) is 47.5 Å². The first-order valence-corrected chi connectivity index (χ1v) is 10.7. The molecule has 0 saturated carbocycles. The van der Waals surface area contributed by atoms with Crippen molar-refractivity contribution in [2.75, 3.05) is 61.1 Å². The van der Waals surface area contributed by atoms with E-state index in [1.807, 2.05) is 12.1 Å². The maximum absolute atomic E-state index is 13.2. The highest BCUT2D eigenvalue weighted by Gasteiger charge is 2.21. The Kier molecular flexibility index (Phi) is 11.2. The highest BCUT2D eigenvalue weighted by molar-refractivity contribution is 14.0. The molecule has 1 aliphatic heterocycles. The molecular weight excluding hydrogens is 538 g/mol. The van der Waals surface area contributed by atoms with Gasteiger partial charge in [0.05, 0.1) is 20.3 Å². The second-order valence-corrected chi connectivity index (χ2v) is 7.66. The van der Waals surface area contributed by atoms with Crippen molar-refractivity contribution in [3.8, 4) is 11.5 Å². The van der Waals surface area contributed by atoms with Crippen LogP contribution in [0.3, 0.4) is 0 Å². The smallest absolute Gasteiger partial charge is 0.193 e. The van der Waals surface area contributed by atoms with Crippen molar-refractivity contribution in [1.29, 1.82) is 0 Å².